The van der Waals surface area contributed by atoms with E-state index >= 15 is 0 Å². The maximum absolute atomic E-state index is 12.3. The van der Waals surface area contributed by atoms with E-state index < -0.39 is 0 Å². The molecule has 1 heterocycles. The third kappa shape index (κ3) is 7.66. The maximum Gasteiger partial charge on any atom is 0.302 e. The van der Waals surface area contributed by atoms with Gasteiger partial charge < -0.3 is 9.64 Å². The lowest BCUT2D eigenvalue weighted by Crippen LogP contribution is -2.57. The third-order valence-electron chi connectivity index (χ3n) is 3.87. The largest absolute Gasteiger partial charge is 0.464 e. The fourth-order valence-electron chi connectivity index (χ4n) is 2.83. The minimum Gasteiger partial charge on any atom is -0.464 e. The molecular weight excluding hydrogens is 328 g/mol. The van der Waals surface area contributed by atoms with Crippen molar-refractivity contribution in [3.63, 3.8) is 0 Å². The SMILES string of the molecule is CC(=O)OCC1CN(C(=O)CCS)CCN1CC(=O)CC(C)(C)C. The van der Waals surface area contributed by atoms with Gasteiger partial charge in [-0.2, -0.15) is 12.6 Å². The molecule has 1 amide bonds. The van der Waals surface area contributed by atoms with E-state index in [0.29, 0.717) is 44.8 Å². The van der Waals surface area contributed by atoms with Gasteiger partial charge in [0.2, 0.25) is 5.91 Å². The van der Waals surface area contributed by atoms with Crippen LogP contribution in [0.5, 0.6) is 0 Å². The number of nitrogens with zero attached hydrogens (tertiary/aromatic N) is 2. The van der Waals surface area contributed by atoms with Crippen LogP contribution in [0.1, 0.15) is 40.5 Å². The van der Waals surface area contributed by atoms with Gasteiger partial charge in [-0.3, -0.25) is 19.3 Å². The molecule has 0 spiro atoms. The van der Waals surface area contributed by atoms with Crippen LogP contribution in [0.4, 0.5) is 0 Å². The maximum atomic E-state index is 12.3. The summed E-state index contributed by atoms with van der Waals surface area (Å²) >= 11 is 4.10. The van der Waals surface area contributed by atoms with Crippen molar-refractivity contribution in [3.05, 3.63) is 0 Å². The van der Waals surface area contributed by atoms with Crippen molar-refractivity contribution in [2.75, 3.05) is 38.5 Å². The van der Waals surface area contributed by atoms with Gasteiger partial charge in [-0.05, 0) is 11.2 Å². The van der Waals surface area contributed by atoms with Crippen LogP contribution in [-0.2, 0) is 19.1 Å². The van der Waals surface area contributed by atoms with Crippen molar-refractivity contribution in [2.24, 2.45) is 5.41 Å². The first-order valence-electron chi connectivity index (χ1n) is 8.40. The van der Waals surface area contributed by atoms with Crippen molar-refractivity contribution >= 4 is 30.3 Å². The molecule has 0 aromatic rings. The van der Waals surface area contributed by atoms with Crippen LogP contribution in [0.3, 0.4) is 0 Å². The molecular formula is C17H30N2O4S. The molecule has 0 saturated carbocycles. The Morgan fingerprint density at radius 3 is 2.42 bits per heavy atom. The standard InChI is InChI=1S/C17H30N2O4S/c1-13(20)23-12-14-10-19(16(22)5-8-24)7-6-18(14)11-15(21)9-17(2,3)4/h14,24H,5-12H2,1-4H3. The van der Waals surface area contributed by atoms with Crippen LogP contribution in [0.2, 0.25) is 0 Å². The van der Waals surface area contributed by atoms with Crippen molar-refractivity contribution in [1.82, 2.24) is 9.80 Å². The fraction of sp³-hybridized carbons (Fsp3) is 0.824. The summed E-state index contributed by atoms with van der Waals surface area (Å²) in [6.07, 6.45) is 0.901. The predicted octanol–water partition coefficient (Wildman–Crippen LogP) is 1.39. The van der Waals surface area contributed by atoms with Gasteiger partial charge in [0.25, 0.3) is 0 Å². The van der Waals surface area contributed by atoms with Crippen molar-refractivity contribution in [1.29, 1.82) is 0 Å². The van der Waals surface area contributed by atoms with E-state index in [9.17, 15) is 14.4 Å². The zero-order valence-electron chi connectivity index (χ0n) is 15.2. The normalized spacial score (nSPS) is 19.2. The molecule has 6 nitrogen and oxygen atoms in total. The van der Waals surface area contributed by atoms with Crippen LogP contribution in [0.15, 0.2) is 0 Å². The Bertz CT molecular complexity index is 462. The molecule has 1 unspecified atom stereocenters. The number of esters is 1. The number of thiol groups is 1. The Balaban J connectivity index is 2.69. The summed E-state index contributed by atoms with van der Waals surface area (Å²) in [5.74, 6) is 0.385. The average molecular weight is 359 g/mol. The molecule has 1 aliphatic heterocycles. The number of carbonyl (C=O) groups excluding carboxylic acids is 3. The lowest BCUT2D eigenvalue weighted by Gasteiger charge is -2.41. The second kappa shape index (κ2) is 9.42. The van der Waals surface area contributed by atoms with Gasteiger partial charge in [-0.1, -0.05) is 20.8 Å². The number of amides is 1. The molecule has 0 radical (unpaired) electrons. The number of hydrogen-bond donors (Lipinski definition) is 1. The van der Waals surface area contributed by atoms with Crippen molar-refractivity contribution < 1.29 is 19.1 Å². The summed E-state index contributed by atoms with van der Waals surface area (Å²) in [5, 5.41) is 0. The number of Topliss-reactive ketones (excluding diaryl/α,β-unsaturated/α-hetero) is 1. The van der Waals surface area contributed by atoms with E-state index in [4.69, 9.17) is 4.74 Å². The molecule has 24 heavy (non-hydrogen) atoms. The van der Waals surface area contributed by atoms with Crippen molar-refractivity contribution in [3.8, 4) is 0 Å². The summed E-state index contributed by atoms with van der Waals surface area (Å²) < 4.78 is 5.14. The van der Waals surface area contributed by atoms with Crippen LogP contribution in [0.25, 0.3) is 0 Å². The highest BCUT2D eigenvalue weighted by Gasteiger charge is 2.31. The molecule has 0 aromatic heterocycles. The van der Waals surface area contributed by atoms with E-state index in [1.165, 1.54) is 6.92 Å². The Labute approximate surface area is 150 Å². The molecule has 1 fully saturated rings. The smallest absolute Gasteiger partial charge is 0.302 e. The van der Waals surface area contributed by atoms with E-state index in [1.54, 1.807) is 4.90 Å². The van der Waals surface area contributed by atoms with E-state index in [0.717, 1.165) is 0 Å². The van der Waals surface area contributed by atoms with Gasteiger partial charge in [0.15, 0.2) is 0 Å². The lowest BCUT2D eigenvalue weighted by molar-refractivity contribution is -0.145. The lowest BCUT2D eigenvalue weighted by atomic mass is 9.89. The van der Waals surface area contributed by atoms with Gasteiger partial charge in [0.1, 0.15) is 12.4 Å². The Kier molecular flexibility index (Phi) is 8.22. The molecule has 0 aliphatic carbocycles. The van der Waals surface area contributed by atoms with Gasteiger partial charge in [-0.15, -0.1) is 0 Å². The number of piperazine rings is 1. The summed E-state index contributed by atoms with van der Waals surface area (Å²) in [7, 11) is 0. The first-order valence-corrected chi connectivity index (χ1v) is 9.03. The van der Waals surface area contributed by atoms with Crippen LogP contribution in [0, 0.1) is 5.41 Å². The van der Waals surface area contributed by atoms with Crippen molar-refractivity contribution in [2.45, 2.75) is 46.6 Å². The van der Waals surface area contributed by atoms with Crippen LogP contribution >= 0.6 is 12.6 Å². The average Bonchev–Trinajstić information content (AvgIpc) is 2.44. The highest BCUT2D eigenvalue weighted by atomic mass is 32.1. The van der Waals surface area contributed by atoms with Gasteiger partial charge >= 0.3 is 5.97 Å². The zero-order valence-corrected chi connectivity index (χ0v) is 16.1. The van der Waals surface area contributed by atoms with Crippen LogP contribution in [-0.4, -0.2) is 72.0 Å². The molecule has 0 bridgehead atoms. The fourth-order valence-corrected chi connectivity index (χ4v) is 3.02. The zero-order chi connectivity index (χ0) is 18.3. The molecule has 1 saturated heterocycles. The topological polar surface area (TPSA) is 66.9 Å². The Morgan fingerprint density at radius 2 is 1.88 bits per heavy atom. The summed E-state index contributed by atoms with van der Waals surface area (Å²) in [6, 6.07) is -0.143. The molecule has 1 rings (SSSR count). The number of hydrogen-bond acceptors (Lipinski definition) is 6. The number of carbonyl (C=O) groups is 3. The predicted molar refractivity (Wildman–Crippen MR) is 96.1 cm³/mol. The quantitative estimate of drug-likeness (QED) is 0.550. The highest BCUT2D eigenvalue weighted by molar-refractivity contribution is 7.80. The van der Waals surface area contributed by atoms with Gasteiger partial charge in [0.05, 0.1) is 12.6 Å². The van der Waals surface area contributed by atoms with E-state index in [-0.39, 0.29) is 35.7 Å². The minimum absolute atomic E-state index is 0.0488. The minimum atomic E-state index is -0.352. The van der Waals surface area contributed by atoms with E-state index in [1.807, 2.05) is 25.7 Å². The number of rotatable bonds is 7. The Hall–Kier alpha value is -1.08. The molecule has 7 heteroatoms. The molecule has 138 valence electrons. The summed E-state index contributed by atoms with van der Waals surface area (Å²) in [5.41, 5.74) is -0.0488. The van der Waals surface area contributed by atoms with Gasteiger partial charge in [-0.25, -0.2) is 0 Å². The second-order valence-electron chi connectivity index (χ2n) is 7.52. The summed E-state index contributed by atoms with van der Waals surface area (Å²) in [4.78, 5) is 39.3. The molecule has 1 aliphatic rings. The molecule has 1 atom stereocenters. The monoisotopic (exact) mass is 358 g/mol. The van der Waals surface area contributed by atoms with Gasteiger partial charge in [0, 0.05) is 39.4 Å². The second-order valence-corrected chi connectivity index (χ2v) is 7.96. The third-order valence-corrected chi connectivity index (χ3v) is 4.09. The first kappa shape index (κ1) is 21.0. The number of ketones is 1. The van der Waals surface area contributed by atoms with Crippen LogP contribution < -0.4 is 0 Å². The summed E-state index contributed by atoms with van der Waals surface area (Å²) in [6.45, 7) is 9.68. The first-order chi connectivity index (χ1) is 11.1. The Morgan fingerprint density at radius 1 is 1.21 bits per heavy atom. The number of ether oxygens (including phenoxy) is 1. The highest BCUT2D eigenvalue weighted by Crippen LogP contribution is 2.20. The van der Waals surface area contributed by atoms with E-state index in [2.05, 4.69) is 12.6 Å². The molecule has 0 aromatic carbocycles. The molecule has 0 N–H and O–H groups in total.